The minimum Gasteiger partial charge on any atom is -0.383 e. The second-order valence-electron chi connectivity index (χ2n) is 8.21. The lowest BCUT2D eigenvalue weighted by molar-refractivity contribution is -0.139. The summed E-state index contributed by atoms with van der Waals surface area (Å²) >= 11 is 0. The van der Waals surface area contributed by atoms with Crippen molar-refractivity contribution in [2.75, 3.05) is 59.6 Å². The van der Waals surface area contributed by atoms with Gasteiger partial charge in [0.25, 0.3) is 0 Å². The molecule has 3 amide bonds. The molecule has 3 heterocycles. The number of rotatable bonds is 4. The monoisotopic (exact) mass is 438 g/mol. The second kappa shape index (κ2) is 9.46. The maximum atomic E-state index is 13.7. The van der Waals surface area contributed by atoms with Gasteiger partial charge in [-0.15, -0.1) is 0 Å². The van der Waals surface area contributed by atoms with Gasteiger partial charge < -0.3 is 24.6 Å². The van der Waals surface area contributed by atoms with Crippen molar-refractivity contribution in [2.24, 2.45) is 0 Å². The number of nitrogens with one attached hydrogen (secondary N) is 1. The van der Waals surface area contributed by atoms with E-state index in [4.69, 9.17) is 9.47 Å². The van der Waals surface area contributed by atoms with Crippen LogP contribution < -0.4 is 5.32 Å². The van der Waals surface area contributed by atoms with Crippen LogP contribution in [0.25, 0.3) is 0 Å². The standard InChI is InChI=1S/C21H28F2N4O4/c1-30-12-18(14-2-3-15(22)16(23)10-14)25-6-8-26(9-7-25)21(29)27-5-4-19-17(11-27)24-20(28)13-31-19/h2-3,10,17-19H,4-9,11-13H2,1H3,(H,24,28)/t17-,18?,19+/m1/s1. The number of ether oxygens (including phenoxy) is 2. The molecule has 8 nitrogen and oxygen atoms in total. The summed E-state index contributed by atoms with van der Waals surface area (Å²) in [5.41, 5.74) is 0.649. The molecule has 1 aromatic rings. The van der Waals surface area contributed by atoms with Gasteiger partial charge in [0.2, 0.25) is 5.91 Å². The Morgan fingerprint density at radius 2 is 1.97 bits per heavy atom. The first-order chi connectivity index (χ1) is 15.0. The van der Waals surface area contributed by atoms with Crippen LogP contribution in [0.3, 0.4) is 0 Å². The minimum atomic E-state index is -0.880. The van der Waals surface area contributed by atoms with Gasteiger partial charge in [0, 0.05) is 46.4 Å². The van der Waals surface area contributed by atoms with Gasteiger partial charge >= 0.3 is 6.03 Å². The number of likely N-dealkylation sites (tertiary alicyclic amines) is 1. The zero-order chi connectivity index (χ0) is 22.0. The lowest BCUT2D eigenvalue weighted by Gasteiger charge is -2.44. The summed E-state index contributed by atoms with van der Waals surface area (Å²) in [6.45, 7) is 3.70. The number of piperidine rings is 1. The van der Waals surface area contributed by atoms with Crippen molar-refractivity contribution in [3.8, 4) is 0 Å². The summed E-state index contributed by atoms with van der Waals surface area (Å²) in [6, 6.07) is 3.48. The van der Waals surface area contributed by atoms with Crippen LogP contribution in [-0.2, 0) is 14.3 Å². The maximum Gasteiger partial charge on any atom is 0.320 e. The number of piperazine rings is 1. The van der Waals surface area contributed by atoms with Crippen LogP contribution in [0.15, 0.2) is 18.2 Å². The SMILES string of the molecule is COCC(c1ccc(F)c(F)c1)N1CCN(C(=O)N2CC[C@@H]3OCC(=O)N[C@@H]3C2)CC1. The summed E-state index contributed by atoms with van der Waals surface area (Å²) in [5.74, 6) is -1.90. The number of nitrogens with zero attached hydrogens (tertiary/aromatic N) is 3. The van der Waals surface area contributed by atoms with Crippen molar-refractivity contribution in [2.45, 2.75) is 24.6 Å². The molecule has 10 heteroatoms. The van der Waals surface area contributed by atoms with Gasteiger partial charge in [-0.05, 0) is 24.1 Å². The van der Waals surface area contributed by atoms with Gasteiger partial charge in [-0.2, -0.15) is 0 Å². The average Bonchev–Trinajstić information content (AvgIpc) is 2.78. The van der Waals surface area contributed by atoms with Crippen LogP contribution in [0.4, 0.5) is 13.6 Å². The van der Waals surface area contributed by atoms with Gasteiger partial charge in [0.15, 0.2) is 11.6 Å². The highest BCUT2D eigenvalue weighted by atomic mass is 19.2. The van der Waals surface area contributed by atoms with Gasteiger partial charge in [0.1, 0.15) is 6.61 Å². The molecule has 3 saturated heterocycles. The van der Waals surface area contributed by atoms with Crippen molar-refractivity contribution >= 4 is 11.9 Å². The molecule has 1 aromatic carbocycles. The largest absolute Gasteiger partial charge is 0.383 e. The molecule has 1 unspecified atom stereocenters. The molecule has 4 rings (SSSR count). The first kappa shape index (κ1) is 21.9. The van der Waals surface area contributed by atoms with E-state index in [9.17, 15) is 18.4 Å². The van der Waals surface area contributed by atoms with Crippen LogP contribution in [-0.4, -0.2) is 98.4 Å². The maximum absolute atomic E-state index is 13.7. The third-order valence-corrected chi connectivity index (χ3v) is 6.27. The number of halogens is 2. The van der Waals surface area contributed by atoms with E-state index in [1.807, 2.05) is 0 Å². The predicted molar refractivity (Wildman–Crippen MR) is 107 cm³/mol. The summed E-state index contributed by atoms with van der Waals surface area (Å²) in [4.78, 5) is 30.3. The van der Waals surface area contributed by atoms with Gasteiger partial charge in [-0.1, -0.05) is 6.07 Å². The van der Waals surface area contributed by atoms with E-state index in [0.29, 0.717) is 57.9 Å². The van der Waals surface area contributed by atoms with E-state index in [-0.39, 0.29) is 36.7 Å². The minimum absolute atomic E-state index is 0.0375. The fourth-order valence-electron chi connectivity index (χ4n) is 4.59. The van der Waals surface area contributed by atoms with Crippen LogP contribution >= 0.6 is 0 Å². The number of carbonyl (C=O) groups is 2. The molecule has 0 saturated carbocycles. The third-order valence-electron chi connectivity index (χ3n) is 6.27. The first-order valence-electron chi connectivity index (χ1n) is 10.6. The van der Waals surface area contributed by atoms with E-state index < -0.39 is 11.6 Å². The molecule has 3 fully saturated rings. The number of fused-ring (bicyclic) bond motifs is 1. The summed E-state index contributed by atoms with van der Waals surface area (Å²) in [5, 5.41) is 2.91. The highest BCUT2D eigenvalue weighted by Gasteiger charge is 2.38. The van der Waals surface area contributed by atoms with E-state index in [1.54, 1.807) is 23.0 Å². The Hall–Kier alpha value is -2.30. The van der Waals surface area contributed by atoms with Crippen molar-refractivity contribution in [3.63, 3.8) is 0 Å². The fraction of sp³-hybridized carbons (Fsp3) is 0.619. The van der Waals surface area contributed by atoms with Crippen molar-refractivity contribution in [1.82, 2.24) is 20.0 Å². The highest BCUT2D eigenvalue weighted by molar-refractivity contribution is 5.79. The number of benzene rings is 1. The molecule has 3 aliphatic rings. The molecule has 0 aromatic heterocycles. The highest BCUT2D eigenvalue weighted by Crippen LogP contribution is 2.25. The Labute approximate surface area is 180 Å². The Morgan fingerprint density at radius 3 is 2.68 bits per heavy atom. The number of urea groups is 1. The molecule has 0 bridgehead atoms. The van der Waals surface area contributed by atoms with Gasteiger partial charge in [-0.3, -0.25) is 9.69 Å². The first-order valence-corrected chi connectivity index (χ1v) is 10.6. The molecule has 170 valence electrons. The van der Waals surface area contributed by atoms with Crippen LogP contribution in [0.5, 0.6) is 0 Å². The number of amides is 3. The smallest absolute Gasteiger partial charge is 0.320 e. The van der Waals surface area contributed by atoms with Gasteiger partial charge in [0.05, 0.1) is 24.8 Å². The van der Waals surface area contributed by atoms with Crippen molar-refractivity contribution in [3.05, 3.63) is 35.4 Å². The zero-order valence-electron chi connectivity index (χ0n) is 17.6. The van der Waals surface area contributed by atoms with Crippen LogP contribution in [0, 0.1) is 11.6 Å². The van der Waals surface area contributed by atoms with Crippen molar-refractivity contribution in [1.29, 1.82) is 0 Å². The molecular formula is C21H28F2N4O4. The number of carbonyl (C=O) groups excluding carboxylic acids is 2. The van der Waals surface area contributed by atoms with Crippen molar-refractivity contribution < 1.29 is 27.8 Å². The third kappa shape index (κ3) is 4.81. The summed E-state index contributed by atoms with van der Waals surface area (Å²) in [7, 11) is 1.57. The number of hydrogen-bond acceptors (Lipinski definition) is 5. The Bertz CT molecular complexity index is 819. The van der Waals surface area contributed by atoms with E-state index in [0.717, 1.165) is 6.07 Å². The second-order valence-corrected chi connectivity index (χ2v) is 8.21. The van der Waals surface area contributed by atoms with Crippen LogP contribution in [0.2, 0.25) is 0 Å². The Kier molecular flexibility index (Phi) is 6.68. The Balaban J connectivity index is 1.35. The normalized spacial score (nSPS) is 25.7. The summed E-state index contributed by atoms with van der Waals surface area (Å²) < 4.78 is 37.9. The molecule has 0 radical (unpaired) electrons. The molecule has 1 N–H and O–H groups in total. The molecule has 0 spiro atoms. The van der Waals surface area contributed by atoms with Gasteiger partial charge in [-0.25, -0.2) is 13.6 Å². The predicted octanol–water partition coefficient (Wildman–Crippen LogP) is 0.979. The summed E-state index contributed by atoms with van der Waals surface area (Å²) in [6.07, 6.45) is 0.660. The van der Waals surface area contributed by atoms with E-state index in [2.05, 4.69) is 10.2 Å². The molecule has 0 aliphatic carbocycles. The topological polar surface area (TPSA) is 74.3 Å². The molecule has 3 atom stereocenters. The average molecular weight is 438 g/mol. The quantitative estimate of drug-likeness (QED) is 0.759. The van der Waals surface area contributed by atoms with Crippen LogP contribution in [0.1, 0.15) is 18.0 Å². The Morgan fingerprint density at radius 1 is 1.19 bits per heavy atom. The number of methoxy groups -OCH3 is 1. The lowest BCUT2D eigenvalue weighted by Crippen LogP contribution is -2.63. The van der Waals surface area contributed by atoms with E-state index >= 15 is 0 Å². The number of hydrogen-bond donors (Lipinski definition) is 1. The molecular weight excluding hydrogens is 410 g/mol. The lowest BCUT2D eigenvalue weighted by atomic mass is 10.0. The zero-order valence-corrected chi connectivity index (χ0v) is 17.6. The molecule has 3 aliphatic heterocycles. The number of morpholine rings is 1. The molecule has 31 heavy (non-hydrogen) atoms. The van der Waals surface area contributed by atoms with E-state index in [1.165, 1.54) is 6.07 Å². The fourth-order valence-corrected chi connectivity index (χ4v) is 4.59.